The molecular weight excluding hydrogens is 192 g/mol. The minimum absolute atomic E-state index is 0.0642. The predicted molar refractivity (Wildman–Crippen MR) is 56.6 cm³/mol. The molecule has 79 valence electrons. The fourth-order valence-electron chi connectivity index (χ4n) is 1.26. The SMILES string of the molecule is O=C(O)[CH]CCCC(=O)c1ccccc1. The van der Waals surface area contributed by atoms with Gasteiger partial charge in [0.2, 0.25) is 0 Å². The van der Waals surface area contributed by atoms with E-state index in [-0.39, 0.29) is 5.78 Å². The van der Waals surface area contributed by atoms with Crippen LogP contribution in [-0.4, -0.2) is 16.9 Å². The Kier molecular flexibility index (Phi) is 4.54. The van der Waals surface area contributed by atoms with Crippen molar-refractivity contribution in [3.05, 3.63) is 42.3 Å². The molecule has 0 aromatic heterocycles. The Hall–Kier alpha value is -1.64. The Morgan fingerprint density at radius 3 is 2.47 bits per heavy atom. The average Bonchev–Trinajstić information content (AvgIpc) is 2.25. The zero-order chi connectivity index (χ0) is 11.1. The van der Waals surface area contributed by atoms with Crippen LogP contribution in [0.25, 0.3) is 0 Å². The molecule has 0 unspecified atom stereocenters. The van der Waals surface area contributed by atoms with Gasteiger partial charge in [-0.25, -0.2) is 0 Å². The quantitative estimate of drug-likeness (QED) is 0.572. The lowest BCUT2D eigenvalue weighted by molar-refractivity contribution is -0.133. The molecule has 0 spiro atoms. The molecule has 1 radical (unpaired) electrons. The van der Waals surface area contributed by atoms with Gasteiger partial charge in [0, 0.05) is 12.0 Å². The molecule has 0 aliphatic rings. The third-order valence-corrected chi connectivity index (χ3v) is 2.02. The van der Waals surface area contributed by atoms with Gasteiger partial charge in [-0.1, -0.05) is 30.3 Å². The van der Waals surface area contributed by atoms with Crippen molar-refractivity contribution in [2.75, 3.05) is 0 Å². The van der Waals surface area contributed by atoms with E-state index in [1.807, 2.05) is 18.2 Å². The lowest BCUT2D eigenvalue weighted by Gasteiger charge is -1.99. The standard InChI is InChI=1S/C12H13O3/c13-11(8-4-5-9-12(14)15)10-6-2-1-3-7-10/h1-3,6-7,9H,4-5,8H2,(H,14,15). The summed E-state index contributed by atoms with van der Waals surface area (Å²) in [5.41, 5.74) is 0.688. The van der Waals surface area contributed by atoms with Gasteiger partial charge in [-0.15, -0.1) is 0 Å². The number of unbranched alkanes of at least 4 members (excludes halogenated alkanes) is 1. The van der Waals surface area contributed by atoms with Crippen LogP contribution in [0.15, 0.2) is 30.3 Å². The highest BCUT2D eigenvalue weighted by Crippen LogP contribution is 2.07. The summed E-state index contributed by atoms with van der Waals surface area (Å²) in [6.45, 7) is 0. The molecule has 0 aliphatic heterocycles. The van der Waals surface area contributed by atoms with E-state index in [1.54, 1.807) is 12.1 Å². The molecule has 15 heavy (non-hydrogen) atoms. The summed E-state index contributed by atoms with van der Waals surface area (Å²) in [7, 11) is 0. The second-order valence-corrected chi connectivity index (χ2v) is 3.22. The zero-order valence-corrected chi connectivity index (χ0v) is 8.35. The van der Waals surface area contributed by atoms with Crippen molar-refractivity contribution in [3.63, 3.8) is 0 Å². The van der Waals surface area contributed by atoms with Crippen LogP contribution in [0.1, 0.15) is 29.6 Å². The number of hydrogen-bond donors (Lipinski definition) is 1. The molecule has 1 aromatic rings. The van der Waals surface area contributed by atoms with E-state index in [2.05, 4.69) is 0 Å². The first-order valence-corrected chi connectivity index (χ1v) is 4.84. The van der Waals surface area contributed by atoms with E-state index >= 15 is 0 Å². The van der Waals surface area contributed by atoms with E-state index in [4.69, 9.17) is 5.11 Å². The largest absolute Gasteiger partial charge is 0.481 e. The maximum Gasteiger partial charge on any atom is 0.307 e. The van der Waals surface area contributed by atoms with E-state index < -0.39 is 5.97 Å². The molecule has 3 nitrogen and oxygen atoms in total. The molecule has 0 heterocycles. The molecular formula is C12H13O3. The molecule has 0 atom stereocenters. The average molecular weight is 205 g/mol. The van der Waals surface area contributed by atoms with E-state index in [0.29, 0.717) is 24.8 Å². The molecule has 0 amide bonds. The third-order valence-electron chi connectivity index (χ3n) is 2.02. The maximum atomic E-state index is 11.5. The summed E-state index contributed by atoms with van der Waals surface area (Å²) in [5, 5.41) is 8.36. The number of benzene rings is 1. The van der Waals surface area contributed by atoms with Gasteiger partial charge in [0.05, 0.1) is 6.42 Å². The number of ketones is 1. The van der Waals surface area contributed by atoms with Crippen LogP contribution in [0.3, 0.4) is 0 Å². The molecule has 0 saturated heterocycles. The van der Waals surface area contributed by atoms with Crippen LogP contribution in [0, 0.1) is 6.42 Å². The van der Waals surface area contributed by atoms with E-state index in [9.17, 15) is 9.59 Å². The first kappa shape index (κ1) is 11.4. The number of hydrogen-bond acceptors (Lipinski definition) is 2. The van der Waals surface area contributed by atoms with Gasteiger partial charge in [0.25, 0.3) is 0 Å². The van der Waals surface area contributed by atoms with Gasteiger partial charge in [-0.05, 0) is 12.8 Å². The van der Waals surface area contributed by atoms with Gasteiger partial charge in [-0.2, -0.15) is 0 Å². The Balaban J connectivity index is 2.28. The van der Waals surface area contributed by atoms with Gasteiger partial charge < -0.3 is 5.11 Å². The Labute approximate surface area is 88.7 Å². The fourth-order valence-corrected chi connectivity index (χ4v) is 1.26. The number of carbonyl (C=O) groups is 2. The van der Waals surface area contributed by atoms with Crippen molar-refractivity contribution in [1.29, 1.82) is 0 Å². The summed E-state index contributed by atoms with van der Waals surface area (Å²) in [4.78, 5) is 21.7. The van der Waals surface area contributed by atoms with E-state index in [1.165, 1.54) is 6.42 Å². The first-order valence-electron chi connectivity index (χ1n) is 4.84. The van der Waals surface area contributed by atoms with Crippen LogP contribution < -0.4 is 0 Å². The molecule has 1 rings (SSSR count). The minimum Gasteiger partial charge on any atom is -0.481 e. The van der Waals surface area contributed by atoms with Gasteiger partial charge >= 0.3 is 5.97 Å². The van der Waals surface area contributed by atoms with Crippen LogP contribution in [0.2, 0.25) is 0 Å². The molecule has 3 heteroatoms. The lowest BCUT2D eigenvalue weighted by Crippen LogP contribution is -2.00. The predicted octanol–water partition coefficient (Wildman–Crippen LogP) is 2.33. The summed E-state index contributed by atoms with van der Waals surface area (Å²) in [6, 6.07) is 9.02. The number of aliphatic carboxylic acids is 1. The van der Waals surface area contributed by atoms with E-state index in [0.717, 1.165) is 0 Å². The van der Waals surface area contributed by atoms with Crippen molar-refractivity contribution < 1.29 is 14.7 Å². The molecule has 1 N–H and O–H groups in total. The number of carbonyl (C=O) groups excluding carboxylic acids is 1. The number of carboxylic acids is 1. The summed E-state index contributed by atoms with van der Waals surface area (Å²) >= 11 is 0. The topological polar surface area (TPSA) is 54.4 Å². The molecule has 0 bridgehead atoms. The monoisotopic (exact) mass is 205 g/mol. The Morgan fingerprint density at radius 1 is 1.20 bits per heavy atom. The first-order chi connectivity index (χ1) is 7.20. The second-order valence-electron chi connectivity index (χ2n) is 3.22. The molecule has 0 aliphatic carbocycles. The Bertz CT molecular complexity index is 330. The van der Waals surface area contributed by atoms with Crippen LogP contribution >= 0.6 is 0 Å². The fraction of sp³-hybridized carbons (Fsp3) is 0.250. The highest BCUT2D eigenvalue weighted by atomic mass is 16.4. The van der Waals surface area contributed by atoms with Crippen molar-refractivity contribution >= 4 is 11.8 Å². The van der Waals surface area contributed by atoms with Crippen molar-refractivity contribution in [2.45, 2.75) is 19.3 Å². The highest BCUT2D eigenvalue weighted by molar-refractivity contribution is 5.95. The van der Waals surface area contributed by atoms with Gasteiger partial charge in [0.15, 0.2) is 5.78 Å². The van der Waals surface area contributed by atoms with Crippen molar-refractivity contribution in [3.8, 4) is 0 Å². The van der Waals surface area contributed by atoms with Crippen LogP contribution in [0.5, 0.6) is 0 Å². The molecule has 0 fully saturated rings. The molecule has 0 saturated carbocycles. The smallest absolute Gasteiger partial charge is 0.307 e. The molecule has 1 aromatic carbocycles. The normalized spacial score (nSPS) is 9.87. The van der Waals surface area contributed by atoms with Crippen molar-refractivity contribution in [2.24, 2.45) is 0 Å². The zero-order valence-electron chi connectivity index (χ0n) is 8.35. The number of rotatable bonds is 6. The maximum absolute atomic E-state index is 11.5. The summed E-state index contributed by atoms with van der Waals surface area (Å²) < 4.78 is 0. The van der Waals surface area contributed by atoms with Gasteiger partial charge in [0.1, 0.15) is 0 Å². The summed E-state index contributed by atoms with van der Waals surface area (Å²) in [6.07, 6.45) is 2.60. The minimum atomic E-state index is -0.929. The number of carboxylic acid groups (broad SMARTS) is 1. The highest BCUT2D eigenvalue weighted by Gasteiger charge is 2.05. The van der Waals surface area contributed by atoms with Gasteiger partial charge in [-0.3, -0.25) is 9.59 Å². The van der Waals surface area contributed by atoms with Crippen LogP contribution in [-0.2, 0) is 4.79 Å². The van der Waals surface area contributed by atoms with Crippen molar-refractivity contribution in [1.82, 2.24) is 0 Å². The third kappa shape index (κ3) is 4.40. The lowest BCUT2D eigenvalue weighted by atomic mass is 10.1. The Morgan fingerprint density at radius 2 is 1.87 bits per heavy atom. The summed E-state index contributed by atoms with van der Waals surface area (Å²) in [5.74, 6) is -0.864. The second kappa shape index (κ2) is 5.96. The number of Topliss-reactive ketones (excluding diaryl/α,β-unsaturated/α-hetero) is 1. The van der Waals surface area contributed by atoms with Crippen LogP contribution in [0.4, 0.5) is 0 Å².